The summed E-state index contributed by atoms with van der Waals surface area (Å²) in [6.45, 7) is 4.05. The van der Waals surface area contributed by atoms with Gasteiger partial charge in [0.1, 0.15) is 5.75 Å². The van der Waals surface area contributed by atoms with Gasteiger partial charge in [-0.1, -0.05) is 37.7 Å². The predicted octanol–water partition coefficient (Wildman–Crippen LogP) is 3.19. The van der Waals surface area contributed by atoms with E-state index in [2.05, 4.69) is 9.97 Å². The van der Waals surface area contributed by atoms with Crippen LogP contribution in [0.1, 0.15) is 31.0 Å². The van der Waals surface area contributed by atoms with Crippen LogP contribution < -0.4 is 10.3 Å². The summed E-state index contributed by atoms with van der Waals surface area (Å²) >= 11 is 1.52. The Balaban J connectivity index is 2.12. The second kappa shape index (κ2) is 6.61. The summed E-state index contributed by atoms with van der Waals surface area (Å²) in [5.74, 6) is 1.82. The van der Waals surface area contributed by atoms with Crippen LogP contribution in [0.3, 0.4) is 0 Å². The first kappa shape index (κ1) is 14.7. The average molecular weight is 290 g/mol. The van der Waals surface area contributed by atoms with Gasteiger partial charge in [-0.3, -0.25) is 4.79 Å². The van der Waals surface area contributed by atoms with E-state index in [0.717, 1.165) is 22.8 Å². The van der Waals surface area contributed by atoms with E-state index in [1.807, 2.05) is 38.1 Å². The molecule has 0 saturated carbocycles. The summed E-state index contributed by atoms with van der Waals surface area (Å²) in [6, 6.07) is 9.43. The van der Waals surface area contributed by atoms with Crippen molar-refractivity contribution < 1.29 is 4.74 Å². The Bertz CT molecular complexity index is 638. The molecule has 2 aromatic rings. The minimum Gasteiger partial charge on any atom is -0.497 e. The van der Waals surface area contributed by atoms with E-state index in [9.17, 15) is 4.79 Å². The number of hydrogen-bond donors (Lipinski definition) is 1. The third-order valence-corrected chi connectivity index (χ3v) is 3.79. The number of hydrogen-bond acceptors (Lipinski definition) is 4. The van der Waals surface area contributed by atoms with Gasteiger partial charge in [0, 0.05) is 11.8 Å². The fraction of sp³-hybridized carbons (Fsp3) is 0.333. The van der Waals surface area contributed by atoms with Crippen molar-refractivity contribution in [3.8, 4) is 5.75 Å². The van der Waals surface area contributed by atoms with Gasteiger partial charge in [-0.2, -0.15) is 0 Å². The molecule has 0 atom stereocenters. The van der Waals surface area contributed by atoms with Gasteiger partial charge >= 0.3 is 0 Å². The van der Waals surface area contributed by atoms with Crippen molar-refractivity contribution in [2.24, 2.45) is 0 Å². The molecule has 2 rings (SSSR count). The molecule has 0 amide bonds. The number of aromatic nitrogens is 2. The van der Waals surface area contributed by atoms with Crippen LogP contribution in [0, 0.1) is 0 Å². The molecule has 0 unspecified atom stereocenters. The minimum absolute atomic E-state index is 0.100. The van der Waals surface area contributed by atoms with Gasteiger partial charge in [0.05, 0.1) is 12.8 Å². The maximum absolute atomic E-state index is 11.6. The largest absolute Gasteiger partial charge is 0.497 e. The Morgan fingerprint density at radius 2 is 2.15 bits per heavy atom. The SMILES string of the molecule is COc1cccc(CSc2nc(C(C)C)cc(=O)[nH]2)c1. The molecule has 0 bridgehead atoms. The molecule has 1 heterocycles. The summed E-state index contributed by atoms with van der Waals surface area (Å²) in [5.41, 5.74) is 1.85. The number of methoxy groups -OCH3 is 1. The first-order chi connectivity index (χ1) is 9.58. The van der Waals surface area contributed by atoms with Gasteiger partial charge in [-0.15, -0.1) is 0 Å². The Labute approximate surface area is 122 Å². The number of nitrogens with one attached hydrogen (secondary N) is 1. The number of benzene rings is 1. The highest BCUT2D eigenvalue weighted by Gasteiger charge is 2.06. The summed E-state index contributed by atoms with van der Waals surface area (Å²) in [6.07, 6.45) is 0. The molecule has 4 nitrogen and oxygen atoms in total. The van der Waals surface area contributed by atoms with Crippen molar-refractivity contribution >= 4 is 11.8 Å². The molecule has 0 radical (unpaired) electrons. The zero-order valence-corrected chi connectivity index (χ0v) is 12.7. The Hall–Kier alpha value is -1.75. The lowest BCUT2D eigenvalue weighted by atomic mass is 10.1. The molecular weight excluding hydrogens is 272 g/mol. The third kappa shape index (κ3) is 3.87. The Morgan fingerprint density at radius 3 is 2.85 bits per heavy atom. The molecule has 0 fully saturated rings. The smallest absolute Gasteiger partial charge is 0.251 e. The lowest BCUT2D eigenvalue weighted by Gasteiger charge is -2.07. The number of H-pyrrole nitrogens is 1. The second-order valence-corrected chi connectivity index (χ2v) is 5.73. The number of rotatable bonds is 5. The molecule has 5 heteroatoms. The second-order valence-electron chi connectivity index (χ2n) is 4.77. The van der Waals surface area contributed by atoms with Crippen molar-refractivity contribution in [1.82, 2.24) is 9.97 Å². The molecule has 1 N–H and O–H groups in total. The highest BCUT2D eigenvalue weighted by atomic mass is 32.2. The van der Waals surface area contributed by atoms with Gasteiger partial charge in [-0.25, -0.2) is 4.98 Å². The number of aromatic amines is 1. The topological polar surface area (TPSA) is 55.0 Å². The third-order valence-electron chi connectivity index (χ3n) is 2.84. The van der Waals surface area contributed by atoms with Gasteiger partial charge in [0.2, 0.25) is 0 Å². The Morgan fingerprint density at radius 1 is 1.35 bits per heavy atom. The monoisotopic (exact) mass is 290 g/mol. The maximum atomic E-state index is 11.6. The molecule has 20 heavy (non-hydrogen) atoms. The van der Waals surface area contributed by atoms with Crippen molar-refractivity contribution in [2.75, 3.05) is 7.11 Å². The minimum atomic E-state index is -0.100. The number of ether oxygens (including phenoxy) is 1. The fourth-order valence-electron chi connectivity index (χ4n) is 1.73. The fourth-order valence-corrected chi connectivity index (χ4v) is 2.56. The molecule has 0 saturated heterocycles. The molecule has 0 aliphatic carbocycles. The van der Waals surface area contributed by atoms with Crippen molar-refractivity contribution in [1.29, 1.82) is 0 Å². The van der Waals surface area contributed by atoms with Crippen LogP contribution in [-0.2, 0) is 5.75 Å². The number of nitrogens with zero attached hydrogens (tertiary/aromatic N) is 1. The lowest BCUT2D eigenvalue weighted by molar-refractivity contribution is 0.414. The summed E-state index contributed by atoms with van der Waals surface area (Å²) in [4.78, 5) is 18.8. The molecule has 0 spiro atoms. The van der Waals surface area contributed by atoms with E-state index in [1.165, 1.54) is 11.8 Å². The van der Waals surface area contributed by atoms with E-state index >= 15 is 0 Å². The Kier molecular flexibility index (Phi) is 4.84. The molecule has 1 aromatic carbocycles. The van der Waals surface area contributed by atoms with E-state index in [1.54, 1.807) is 13.2 Å². The van der Waals surface area contributed by atoms with Crippen LogP contribution in [0.25, 0.3) is 0 Å². The van der Waals surface area contributed by atoms with Gasteiger partial charge < -0.3 is 9.72 Å². The van der Waals surface area contributed by atoms with Crippen LogP contribution in [0.4, 0.5) is 0 Å². The first-order valence-electron chi connectivity index (χ1n) is 6.45. The van der Waals surface area contributed by atoms with Crippen LogP contribution >= 0.6 is 11.8 Å². The lowest BCUT2D eigenvalue weighted by Crippen LogP contribution is -2.10. The van der Waals surface area contributed by atoms with Crippen molar-refractivity contribution in [2.45, 2.75) is 30.7 Å². The van der Waals surface area contributed by atoms with Crippen LogP contribution in [0.2, 0.25) is 0 Å². The molecular formula is C15H18N2O2S. The van der Waals surface area contributed by atoms with Crippen LogP contribution in [0.15, 0.2) is 40.3 Å². The zero-order chi connectivity index (χ0) is 14.5. The van der Waals surface area contributed by atoms with E-state index in [4.69, 9.17) is 4.74 Å². The van der Waals surface area contributed by atoms with Gasteiger partial charge in [0.15, 0.2) is 5.16 Å². The quantitative estimate of drug-likeness (QED) is 0.678. The number of thioether (sulfide) groups is 1. The molecule has 0 aliphatic heterocycles. The zero-order valence-electron chi connectivity index (χ0n) is 11.8. The van der Waals surface area contributed by atoms with Crippen molar-refractivity contribution in [3.05, 3.63) is 51.9 Å². The standard InChI is InChI=1S/C15H18N2O2S/c1-10(2)13-8-14(18)17-15(16-13)20-9-11-5-4-6-12(7-11)19-3/h4-8,10H,9H2,1-3H3,(H,16,17,18). The first-order valence-corrected chi connectivity index (χ1v) is 7.44. The summed E-state index contributed by atoms with van der Waals surface area (Å²) < 4.78 is 5.19. The molecule has 0 aliphatic rings. The van der Waals surface area contributed by atoms with E-state index < -0.39 is 0 Å². The highest BCUT2D eigenvalue weighted by molar-refractivity contribution is 7.98. The summed E-state index contributed by atoms with van der Waals surface area (Å²) in [7, 11) is 1.65. The van der Waals surface area contributed by atoms with E-state index in [0.29, 0.717) is 5.16 Å². The summed E-state index contributed by atoms with van der Waals surface area (Å²) in [5, 5.41) is 0.656. The predicted molar refractivity (Wildman–Crippen MR) is 81.5 cm³/mol. The van der Waals surface area contributed by atoms with Crippen LogP contribution in [-0.4, -0.2) is 17.1 Å². The van der Waals surface area contributed by atoms with Crippen LogP contribution in [0.5, 0.6) is 5.75 Å². The normalized spacial score (nSPS) is 10.8. The van der Waals surface area contributed by atoms with Gasteiger partial charge in [0.25, 0.3) is 5.56 Å². The van der Waals surface area contributed by atoms with Crippen molar-refractivity contribution in [3.63, 3.8) is 0 Å². The maximum Gasteiger partial charge on any atom is 0.251 e. The highest BCUT2D eigenvalue weighted by Crippen LogP contribution is 2.22. The van der Waals surface area contributed by atoms with Gasteiger partial charge in [-0.05, 0) is 23.6 Å². The molecule has 106 valence electrons. The van der Waals surface area contributed by atoms with E-state index in [-0.39, 0.29) is 11.5 Å². The molecule has 1 aromatic heterocycles. The average Bonchev–Trinajstić information content (AvgIpc) is 2.44.